The molecule has 0 saturated carbocycles. The van der Waals surface area contributed by atoms with Gasteiger partial charge >= 0.3 is 12.1 Å². The highest BCUT2D eigenvalue weighted by Crippen LogP contribution is 2.23. The summed E-state index contributed by atoms with van der Waals surface area (Å²) in [6.07, 6.45) is 1.49. The maximum absolute atomic E-state index is 13.4. The molecule has 0 bridgehead atoms. The molecule has 0 atom stereocenters. The van der Waals surface area contributed by atoms with Crippen LogP contribution < -0.4 is 10.6 Å². The fraction of sp³-hybridized carbons (Fsp3) is 0.333. The third-order valence-electron chi connectivity index (χ3n) is 5.13. The maximum atomic E-state index is 13.4. The van der Waals surface area contributed by atoms with Crippen LogP contribution in [0.3, 0.4) is 0 Å². The third kappa shape index (κ3) is 4.60. The van der Waals surface area contributed by atoms with E-state index in [1.54, 1.807) is 42.1 Å². The van der Waals surface area contributed by atoms with Gasteiger partial charge < -0.3 is 20.4 Å². The molecule has 7 heteroatoms. The van der Waals surface area contributed by atoms with Crippen LogP contribution in [-0.4, -0.2) is 55.1 Å². The van der Waals surface area contributed by atoms with Gasteiger partial charge in [-0.2, -0.15) is 0 Å². The summed E-state index contributed by atoms with van der Waals surface area (Å²) in [6, 6.07) is 13.5. The second-order valence-corrected chi connectivity index (χ2v) is 6.90. The van der Waals surface area contributed by atoms with Crippen LogP contribution in [0.4, 0.5) is 19.7 Å². The molecule has 0 unspecified atom stereocenters. The Kier molecular flexibility index (Phi) is 6.13. The molecule has 1 aliphatic heterocycles. The van der Waals surface area contributed by atoms with Gasteiger partial charge in [-0.1, -0.05) is 24.3 Å². The summed E-state index contributed by atoms with van der Waals surface area (Å²) >= 11 is 0. The summed E-state index contributed by atoms with van der Waals surface area (Å²) in [5.74, 6) is -0.279. The van der Waals surface area contributed by atoms with Crippen LogP contribution in [0.1, 0.15) is 12.8 Å². The molecule has 2 aromatic carbocycles. The van der Waals surface area contributed by atoms with E-state index in [0.717, 1.165) is 24.0 Å². The number of hydrogen-bond donors (Lipinski definition) is 2. The van der Waals surface area contributed by atoms with E-state index in [2.05, 4.69) is 10.6 Å². The summed E-state index contributed by atoms with van der Waals surface area (Å²) in [5, 5.41) is 5.52. The lowest BCUT2D eigenvalue weighted by Gasteiger charge is -2.36. The summed E-state index contributed by atoms with van der Waals surface area (Å²) in [4.78, 5) is 27.7. The fourth-order valence-corrected chi connectivity index (χ4v) is 3.41. The highest BCUT2D eigenvalue weighted by Gasteiger charge is 2.27. The first-order valence-corrected chi connectivity index (χ1v) is 9.34. The van der Waals surface area contributed by atoms with E-state index < -0.39 is 0 Å². The van der Waals surface area contributed by atoms with Crippen LogP contribution in [-0.2, 0) is 0 Å². The molecule has 28 heavy (non-hydrogen) atoms. The number of carbonyl (C=O) groups is 2. The van der Waals surface area contributed by atoms with Gasteiger partial charge in [0.15, 0.2) is 0 Å². The maximum Gasteiger partial charge on any atom is 0.321 e. The summed E-state index contributed by atoms with van der Waals surface area (Å²) in [5.41, 5.74) is 2.35. The number of amides is 4. The minimum absolute atomic E-state index is 0.0797. The van der Waals surface area contributed by atoms with Gasteiger partial charge in [0.25, 0.3) is 0 Å². The van der Waals surface area contributed by atoms with Crippen molar-refractivity contribution in [3.8, 4) is 11.1 Å². The van der Waals surface area contributed by atoms with Crippen molar-refractivity contribution in [2.75, 3.05) is 32.5 Å². The SMILES string of the molecule is CNC(=O)N1CCC(N(C)C(=O)Nc2ccc(-c3cccc(F)c3)cc2)CC1. The number of piperidine rings is 1. The van der Waals surface area contributed by atoms with Crippen molar-refractivity contribution >= 4 is 17.7 Å². The van der Waals surface area contributed by atoms with E-state index >= 15 is 0 Å². The van der Waals surface area contributed by atoms with Gasteiger partial charge in [-0.05, 0) is 48.2 Å². The molecule has 1 heterocycles. The van der Waals surface area contributed by atoms with Crippen LogP contribution in [0, 0.1) is 5.82 Å². The lowest BCUT2D eigenvalue weighted by molar-refractivity contribution is 0.146. The topological polar surface area (TPSA) is 64.7 Å². The predicted molar refractivity (Wildman–Crippen MR) is 108 cm³/mol. The molecular formula is C21H25FN4O2. The number of hydrogen-bond acceptors (Lipinski definition) is 2. The van der Waals surface area contributed by atoms with Crippen molar-refractivity contribution in [3.05, 3.63) is 54.3 Å². The Balaban J connectivity index is 1.56. The third-order valence-corrected chi connectivity index (χ3v) is 5.13. The molecule has 3 rings (SSSR count). The number of urea groups is 2. The highest BCUT2D eigenvalue weighted by molar-refractivity contribution is 5.89. The van der Waals surface area contributed by atoms with Crippen LogP contribution in [0.2, 0.25) is 0 Å². The molecule has 0 aromatic heterocycles. The zero-order valence-electron chi connectivity index (χ0n) is 16.1. The second-order valence-electron chi connectivity index (χ2n) is 6.90. The smallest absolute Gasteiger partial charge is 0.321 e. The number of likely N-dealkylation sites (tertiary alicyclic amines) is 1. The lowest BCUT2D eigenvalue weighted by Crippen LogP contribution is -2.50. The second kappa shape index (κ2) is 8.73. The van der Waals surface area contributed by atoms with Crippen molar-refractivity contribution in [3.63, 3.8) is 0 Å². The van der Waals surface area contributed by atoms with E-state index in [1.165, 1.54) is 12.1 Å². The highest BCUT2D eigenvalue weighted by atomic mass is 19.1. The van der Waals surface area contributed by atoms with E-state index in [4.69, 9.17) is 0 Å². The molecule has 1 saturated heterocycles. The molecule has 148 valence electrons. The van der Waals surface area contributed by atoms with Gasteiger partial charge in [-0.3, -0.25) is 0 Å². The summed E-state index contributed by atoms with van der Waals surface area (Å²) in [7, 11) is 3.39. The molecule has 4 amide bonds. The van der Waals surface area contributed by atoms with E-state index in [1.807, 2.05) is 18.2 Å². The Morgan fingerprint density at radius 1 is 1.07 bits per heavy atom. The quantitative estimate of drug-likeness (QED) is 0.846. The molecule has 6 nitrogen and oxygen atoms in total. The van der Waals surface area contributed by atoms with Crippen molar-refractivity contribution < 1.29 is 14.0 Å². The normalized spacial score (nSPS) is 14.5. The van der Waals surface area contributed by atoms with Gasteiger partial charge in [0.2, 0.25) is 0 Å². The van der Waals surface area contributed by atoms with Crippen LogP contribution in [0.15, 0.2) is 48.5 Å². The molecule has 2 aromatic rings. The number of rotatable bonds is 3. The van der Waals surface area contributed by atoms with Gasteiger partial charge in [0, 0.05) is 38.9 Å². The largest absolute Gasteiger partial charge is 0.341 e. The Bertz CT molecular complexity index is 833. The zero-order chi connectivity index (χ0) is 20.1. The van der Waals surface area contributed by atoms with Crippen molar-refractivity contribution in [1.29, 1.82) is 0 Å². The van der Waals surface area contributed by atoms with Crippen LogP contribution >= 0.6 is 0 Å². The van der Waals surface area contributed by atoms with Gasteiger partial charge in [0.05, 0.1) is 0 Å². The Labute approximate surface area is 164 Å². The average molecular weight is 384 g/mol. The Morgan fingerprint density at radius 3 is 2.36 bits per heavy atom. The van der Waals surface area contributed by atoms with Crippen molar-refractivity contribution in [2.45, 2.75) is 18.9 Å². The standard InChI is InChI=1S/C21H25FN4O2/c1-23-20(27)26-12-10-19(11-13-26)25(2)21(28)24-18-8-6-15(7-9-18)16-4-3-5-17(22)14-16/h3-9,14,19H,10-13H2,1-2H3,(H,23,27)(H,24,28). The van der Waals surface area contributed by atoms with Gasteiger partial charge in [-0.25, -0.2) is 14.0 Å². The van der Waals surface area contributed by atoms with Crippen LogP contribution in [0.5, 0.6) is 0 Å². The van der Waals surface area contributed by atoms with E-state index in [-0.39, 0.29) is 23.9 Å². The van der Waals surface area contributed by atoms with Crippen molar-refractivity contribution in [2.24, 2.45) is 0 Å². The minimum atomic E-state index is -0.279. The summed E-state index contributed by atoms with van der Waals surface area (Å²) < 4.78 is 13.4. The van der Waals surface area contributed by atoms with Gasteiger partial charge in [-0.15, -0.1) is 0 Å². The van der Waals surface area contributed by atoms with Crippen LogP contribution in [0.25, 0.3) is 11.1 Å². The molecule has 1 aliphatic rings. The summed E-state index contributed by atoms with van der Waals surface area (Å²) in [6.45, 7) is 1.26. The fourth-order valence-electron chi connectivity index (χ4n) is 3.41. The molecule has 0 spiro atoms. The minimum Gasteiger partial charge on any atom is -0.341 e. The number of halogens is 1. The monoisotopic (exact) mass is 384 g/mol. The van der Waals surface area contributed by atoms with E-state index in [0.29, 0.717) is 18.8 Å². The number of nitrogens with one attached hydrogen (secondary N) is 2. The number of anilines is 1. The number of nitrogens with zero attached hydrogens (tertiary/aromatic N) is 2. The van der Waals surface area contributed by atoms with Crippen molar-refractivity contribution in [1.82, 2.24) is 15.1 Å². The first-order chi connectivity index (χ1) is 13.5. The first kappa shape index (κ1) is 19.7. The molecule has 0 aliphatic carbocycles. The zero-order valence-corrected chi connectivity index (χ0v) is 16.1. The first-order valence-electron chi connectivity index (χ1n) is 9.34. The van der Waals surface area contributed by atoms with E-state index in [9.17, 15) is 14.0 Å². The molecule has 2 N–H and O–H groups in total. The number of carbonyl (C=O) groups excluding carboxylic acids is 2. The Hall–Kier alpha value is -3.09. The average Bonchev–Trinajstić information content (AvgIpc) is 2.73. The predicted octanol–water partition coefficient (Wildman–Crippen LogP) is 3.76. The number of benzene rings is 2. The Morgan fingerprint density at radius 2 is 1.75 bits per heavy atom. The lowest BCUT2D eigenvalue weighted by atomic mass is 10.0. The van der Waals surface area contributed by atoms with Gasteiger partial charge in [0.1, 0.15) is 5.82 Å². The molecular weight excluding hydrogens is 359 g/mol. The molecule has 1 fully saturated rings. The molecule has 0 radical (unpaired) electrons.